The number of ether oxygens (including phenoxy) is 1. The van der Waals surface area contributed by atoms with Crippen LogP contribution in [0.25, 0.3) is 0 Å². The van der Waals surface area contributed by atoms with Gasteiger partial charge in [0.15, 0.2) is 0 Å². The average molecular weight is 287 g/mol. The monoisotopic (exact) mass is 286 g/mol. The van der Waals surface area contributed by atoms with Gasteiger partial charge in [-0.2, -0.15) is 13.1 Å². The summed E-state index contributed by atoms with van der Waals surface area (Å²) < 4.78 is 30.6. The van der Waals surface area contributed by atoms with Crippen molar-refractivity contribution >= 4 is 27.9 Å². The maximum atomic E-state index is 11.3. The van der Waals surface area contributed by atoms with Crippen LogP contribution >= 0.6 is 11.6 Å². The van der Waals surface area contributed by atoms with E-state index >= 15 is 0 Å². The molecule has 1 unspecified atom stereocenters. The quantitative estimate of drug-likeness (QED) is 0.744. The largest absolute Gasteiger partial charge is 0.452 e. The number of hydrogen-bond acceptors (Lipinski definition) is 4. The zero-order chi connectivity index (χ0) is 13.7. The van der Waals surface area contributed by atoms with Crippen molar-refractivity contribution in [3.63, 3.8) is 0 Å². The fourth-order valence-electron chi connectivity index (χ4n) is 1.12. The molecule has 0 aromatic rings. The van der Waals surface area contributed by atoms with E-state index in [1.165, 1.54) is 0 Å². The summed E-state index contributed by atoms with van der Waals surface area (Å²) in [7, 11) is -2.82. The molecule has 0 saturated heterocycles. The van der Waals surface area contributed by atoms with Crippen molar-refractivity contribution in [3.8, 4) is 0 Å². The molecule has 102 valence electrons. The van der Waals surface area contributed by atoms with Crippen molar-refractivity contribution < 1.29 is 17.9 Å². The van der Waals surface area contributed by atoms with E-state index in [0.29, 0.717) is 6.42 Å². The summed E-state index contributed by atoms with van der Waals surface area (Å²) in [4.78, 5) is 10.7. The minimum absolute atomic E-state index is 0.00758. The van der Waals surface area contributed by atoms with Crippen LogP contribution in [0.3, 0.4) is 0 Å². The molecule has 0 saturated carbocycles. The molecular formula is C9H19ClN2O4S. The van der Waals surface area contributed by atoms with Crippen molar-refractivity contribution in [2.24, 2.45) is 5.41 Å². The molecule has 0 bridgehead atoms. The number of methoxy groups -OCH3 is 1. The van der Waals surface area contributed by atoms with Crippen LogP contribution in [0.1, 0.15) is 27.2 Å². The molecule has 0 rings (SSSR count). The number of hydrogen-bond donors (Lipinski definition) is 2. The second-order valence-electron chi connectivity index (χ2n) is 4.81. The zero-order valence-electron chi connectivity index (χ0n) is 10.4. The van der Waals surface area contributed by atoms with Gasteiger partial charge in [-0.25, -0.2) is 9.52 Å². The summed E-state index contributed by atoms with van der Waals surface area (Å²) in [6.07, 6.45) is -0.394. The van der Waals surface area contributed by atoms with E-state index < -0.39 is 16.3 Å². The third kappa shape index (κ3) is 9.20. The van der Waals surface area contributed by atoms with Crippen LogP contribution in [0.15, 0.2) is 0 Å². The summed E-state index contributed by atoms with van der Waals surface area (Å²) in [6, 6.07) is 0. The van der Waals surface area contributed by atoms with Gasteiger partial charge in [-0.3, -0.25) is 0 Å². The number of carbonyl (C=O) groups is 1. The van der Waals surface area contributed by atoms with Crippen molar-refractivity contribution in [1.29, 1.82) is 0 Å². The van der Waals surface area contributed by atoms with Gasteiger partial charge in [-0.15, -0.1) is 11.6 Å². The highest BCUT2D eigenvalue weighted by atomic mass is 35.5. The smallest absolute Gasteiger partial charge is 0.421 e. The van der Waals surface area contributed by atoms with Crippen LogP contribution in [-0.4, -0.2) is 33.5 Å². The lowest BCUT2D eigenvalue weighted by Gasteiger charge is -2.21. The second kappa shape index (κ2) is 6.42. The predicted molar refractivity (Wildman–Crippen MR) is 66.2 cm³/mol. The van der Waals surface area contributed by atoms with Crippen LogP contribution in [0.2, 0.25) is 0 Å². The van der Waals surface area contributed by atoms with Crippen molar-refractivity contribution in [1.82, 2.24) is 9.44 Å². The number of carbonyl (C=O) groups excluding carboxylic acids is 1. The highest BCUT2D eigenvalue weighted by molar-refractivity contribution is 7.88. The molecule has 8 heteroatoms. The van der Waals surface area contributed by atoms with Crippen LogP contribution in [-0.2, 0) is 14.9 Å². The van der Waals surface area contributed by atoms with Gasteiger partial charge in [0, 0.05) is 11.9 Å². The lowest BCUT2D eigenvalue weighted by atomic mass is 9.90. The Kier molecular flexibility index (Phi) is 6.22. The standard InChI is InChI=1S/C9H19ClN2O4S/c1-9(2,3)5-7(10)6-11-17(14,15)12-8(13)16-4/h7,11H,5-6H2,1-4H3,(H,12,13). The molecular weight excluding hydrogens is 268 g/mol. The minimum Gasteiger partial charge on any atom is -0.452 e. The molecule has 1 amide bonds. The molecule has 17 heavy (non-hydrogen) atoms. The Bertz CT molecular complexity index is 350. The Labute approximate surface area is 107 Å². The van der Waals surface area contributed by atoms with Gasteiger partial charge in [0.05, 0.1) is 7.11 Å². The van der Waals surface area contributed by atoms with Crippen molar-refractivity contribution in [2.75, 3.05) is 13.7 Å². The molecule has 0 aliphatic rings. The fraction of sp³-hybridized carbons (Fsp3) is 0.889. The van der Waals surface area contributed by atoms with E-state index in [1.807, 2.05) is 20.8 Å². The first-order chi connectivity index (χ1) is 7.56. The number of alkyl halides is 1. The van der Waals surface area contributed by atoms with E-state index in [4.69, 9.17) is 11.6 Å². The third-order valence-corrected chi connectivity index (χ3v) is 3.02. The highest BCUT2D eigenvalue weighted by Gasteiger charge is 2.20. The maximum absolute atomic E-state index is 11.3. The molecule has 0 aliphatic heterocycles. The number of nitrogens with one attached hydrogen (secondary N) is 2. The molecule has 0 radical (unpaired) electrons. The Morgan fingerprint density at radius 2 is 1.94 bits per heavy atom. The molecule has 6 nitrogen and oxygen atoms in total. The van der Waals surface area contributed by atoms with Gasteiger partial charge in [-0.05, 0) is 11.8 Å². The Hall–Kier alpha value is -0.530. The molecule has 0 aromatic heterocycles. The Morgan fingerprint density at radius 1 is 1.41 bits per heavy atom. The molecule has 0 aliphatic carbocycles. The lowest BCUT2D eigenvalue weighted by molar-refractivity contribution is 0.177. The number of halogens is 1. The summed E-state index contributed by atoms with van der Waals surface area (Å²) >= 11 is 5.97. The van der Waals surface area contributed by atoms with Crippen LogP contribution < -0.4 is 9.44 Å². The first-order valence-corrected chi connectivity index (χ1v) is 6.97. The van der Waals surface area contributed by atoms with Gasteiger partial charge in [0.25, 0.3) is 0 Å². The molecule has 0 heterocycles. The maximum Gasteiger partial charge on any atom is 0.421 e. The Balaban J connectivity index is 4.15. The van der Waals surface area contributed by atoms with Crippen LogP contribution in [0, 0.1) is 5.41 Å². The van der Waals surface area contributed by atoms with Gasteiger partial charge in [0.1, 0.15) is 0 Å². The van der Waals surface area contributed by atoms with Gasteiger partial charge >= 0.3 is 16.3 Å². The summed E-state index contributed by atoms with van der Waals surface area (Å²) in [5.74, 6) is 0. The second-order valence-corrected chi connectivity index (χ2v) is 6.92. The van der Waals surface area contributed by atoms with E-state index in [2.05, 4.69) is 9.46 Å². The van der Waals surface area contributed by atoms with Gasteiger partial charge < -0.3 is 4.74 Å². The predicted octanol–water partition coefficient (Wildman–Crippen LogP) is 1.22. The van der Waals surface area contributed by atoms with Gasteiger partial charge in [-0.1, -0.05) is 20.8 Å². The summed E-state index contributed by atoms with van der Waals surface area (Å²) in [5, 5.41) is -0.343. The van der Waals surface area contributed by atoms with E-state index in [0.717, 1.165) is 7.11 Å². The minimum atomic E-state index is -3.90. The van der Waals surface area contributed by atoms with Crippen LogP contribution in [0.5, 0.6) is 0 Å². The SMILES string of the molecule is COC(=O)NS(=O)(=O)NCC(Cl)CC(C)(C)C. The number of amides is 1. The fourth-order valence-corrected chi connectivity index (χ4v) is 2.55. The van der Waals surface area contributed by atoms with Gasteiger partial charge in [0.2, 0.25) is 0 Å². The third-order valence-electron chi connectivity index (χ3n) is 1.73. The van der Waals surface area contributed by atoms with E-state index in [-0.39, 0.29) is 17.3 Å². The van der Waals surface area contributed by atoms with Crippen molar-refractivity contribution in [3.05, 3.63) is 0 Å². The first kappa shape index (κ1) is 16.5. The van der Waals surface area contributed by atoms with E-state index in [9.17, 15) is 13.2 Å². The highest BCUT2D eigenvalue weighted by Crippen LogP contribution is 2.23. The molecule has 2 N–H and O–H groups in total. The lowest BCUT2D eigenvalue weighted by Crippen LogP contribution is -2.42. The number of rotatable bonds is 5. The van der Waals surface area contributed by atoms with E-state index in [1.54, 1.807) is 4.72 Å². The topological polar surface area (TPSA) is 84.5 Å². The van der Waals surface area contributed by atoms with Crippen molar-refractivity contribution in [2.45, 2.75) is 32.6 Å². The first-order valence-electron chi connectivity index (χ1n) is 5.05. The zero-order valence-corrected chi connectivity index (χ0v) is 12.0. The summed E-state index contributed by atoms with van der Waals surface area (Å²) in [6.45, 7) is 6.06. The molecule has 0 fully saturated rings. The molecule has 1 atom stereocenters. The van der Waals surface area contributed by atoms with Crippen LogP contribution in [0.4, 0.5) is 4.79 Å². The average Bonchev–Trinajstić information content (AvgIpc) is 2.11. The normalized spacial score (nSPS) is 14.2. The molecule has 0 spiro atoms. The Morgan fingerprint density at radius 3 is 2.35 bits per heavy atom. The molecule has 0 aromatic carbocycles. The summed E-state index contributed by atoms with van der Waals surface area (Å²) in [5.41, 5.74) is 0.00758.